The van der Waals surface area contributed by atoms with Crippen molar-refractivity contribution >= 4 is 11.9 Å². The number of carbonyl (C=O) groups excluding carboxylic acids is 1. The number of aryl methyl sites for hydroxylation is 1. The molecule has 0 aliphatic carbocycles. The summed E-state index contributed by atoms with van der Waals surface area (Å²) in [5.41, 5.74) is 1.89. The number of amides is 1. The quantitative estimate of drug-likeness (QED) is 0.713. The predicted molar refractivity (Wildman–Crippen MR) is 102 cm³/mol. The number of hydrogen-bond donors (Lipinski definition) is 1. The molecule has 1 aliphatic heterocycles. The number of carboxylic acid groups (broad SMARTS) is 1. The molecule has 4 heterocycles. The van der Waals surface area contributed by atoms with Crippen LogP contribution in [0.5, 0.6) is 0 Å². The first-order valence-corrected chi connectivity index (χ1v) is 9.41. The summed E-state index contributed by atoms with van der Waals surface area (Å²) in [6.07, 6.45) is 9.01. The highest BCUT2D eigenvalue weighted by atomic mass is 16.4. The van der Waals surface area contributed by atoms with E-state index in [4.69, 9.17) is 5.11 Å². The van der Waals surface area contributed by atoms with Crippen LogP contribution in [0, 0.1) is 0 Å². The second-order valence-electron chi connectivity index (χ2n) is 7.10. The van der Waals surface area contributed by atoms with Gasteiger partial charge < -0.3 is 10.0 Å². The molecule has 150 valence electrons. The topological polar surface area (TPSA) is 119 Å². The fourth-order valence-electron chi connectivity index (χ4n) is 3.51. The van der Waals surface area contributed by atoms with Gasteiger partial charge in [-0.2, -0.15) is 5.10 Å². The monoisotopic (exact) mass is 395 g/mol. The van der Waals surface area contributed by atoms with Crippen molar-refractivity contribution in [2.24, 2.45) is 7.05 Å². The van der Waals surface area contributed by atoms with E-state index in [-0.39, 0.29) is 17.5 Å². The highest BCUT2D eigenvalue weighted by molar-refractivity contribution is 5.93. The summed E-state index contributed by atoms with van der Waals surface area (Å²) in [4.78, 5) is 29.6. The van der Waals surface area contributed by atoms with Crippen LogP contribution in [-0.4, -0.2) is 64.7 Å². The Hall–Kier alpha value is -3.56. The van der Waals surface area contributed by atoms with Gasteiger partial charge in [-0.25, -0.2) is 9.48 Å². The second kappa shape index (κ2) is 7.82. The summed E-state index contributed by atoms with van der Waals surface area (Å²) < 4.78 is 3.45. The molecule has 1 amide bonds. The highest BCUT2D eigenvalue weighted by Gasteiger charge is 2.24. The number of likely N-dealkylation sites (tertiary alicyclic amines) is 1. The minimum atomic E-state index is -1.02. The Morgan fingerprint density at radius 2 is 1.93 bits per heavy atom. The number of hydrogen-bond acceptors (Lipinski definition) is 6. The van der Waals surface area contributed by atoms with Crippen LogP contribution in [0.25, 0.3) is 11.4 Å². The summed E-state index contributed by atoms with van der Waals surface area (Å²) in [6.45, 7) is 1.34. The van der Waals surface area contributed by atoms with Gasteiger partial charge in [0.15, 0.2) is 0 Å². The average molecular weight is 395 g/mol. The number of carboxylic acids is 1. The molecule has 3 aromatic heterocycles. The van der Waals surface area contributed by atoms with Crippen molar-refractivity contribution in [2.75, 3.05) is 13.1 Å². The molecular weight excluding hydrogens is 374 g/mol. The predicted octanol–water partition coefficient (Wildman–Crippen LogP) is 1.64. The van der Waals surface area contributed by atoms with Gasteiger partial charge in [0, 0.05) is 32.5 Å². The smallest absolute Gasteiger partial charge is 0.337 e. The molecule has 1 atom stereocenters. The fraction of sp³-hybridized carbons (Fsp3) is 0.368. The van der Waals surface area contributed by atoms with Crippen molar-refractivity contribution in [2.45, 2.75) is 25.3 Å². The molecule has 1 aliphatic rings. The maximum Gasteiger partial charge on any atom is 0.337 e. The number of pyridine rings is 1. The van der Waals surface area contributed by atoms with E-state index < -0.39 is 5.97 Å². The van der Waals surface area contributed by atoms with E-state index in [2.05, 4.69) is 20.4 Å². The molecule has 0 saturated carbocycles. The third-order valence-electron chi connectivity index (χ3n) is 5.09. The van der Waals surface area contributed by atoms with Gasteiger partial charge in [-0.3, -0.25) is 14.5 Å². The molecule has 10 heteroatoms. The zero-order valence-electron chi connectivity index (χ0n) is 16.0. The lowest BCUT2D eigenvalue weighted by Crippen LogP contribution is -2.31. The summed E-state index contributed by atoms with van der Waals surface area (Å²) in [5.74, 6) is -1.02. The average Bonchev–Trinajstić information content (AvgIpc) is 3.31. The van der Waals surface area contributed by atoms with E-state index in [1.807, 2.05) is 15.8 Å². The Bertz CT molecular complexity index is 1020. The number of carbonyl (C=O) groups is 2. The van der Waals surface area contributed by atoms with Crippen LogP contribution >= 0.6 is 0 Å². The minimum absolute atomic E-state index is 0.000694. The zero-order valence-corrected chi connectivity index (χ0v) is 16.0. The Labute approximate surface area is 166 Å². The van der Waals surface area contributed by atoms with Crippen LogP contribution in [0.2, 0.25) is 0 Å². The van der Waals surface area contributed by atoms with Crippen LogP contribution in [-0.2, 0) is 7.05 Å². The lowest BCUT2D eigenvalue weighted by atomic mass is 10.1. The van der Waals surface area contributed by atoms with Gasteiger partial charge in [-0.15, -0.1) is 5.10 Å². The van der Waals surface area contributed by atoms with Gasteiger partial charge in [-0.05, 0) is 31.4 Å². The second-order valence-corrected chi connectivity index (χ2v) is 7.10. The largest absolute Gasteiger partial charge is 0.478 e. The van der Waals surface area contributed by atoms with Crippen molar-refractivity contribution in [1.82, 2.24) is 34.7 Å². The van der Waals surface area contributed by atoms with Crippen molar-refractivity contribution in [3.63, 3.8) is 0 Å². The molecule has 0 bridgehead atoms. The Morgan fingerprint density at radius 1 is 1.07 bits per heavy atom. The van der Waals surface area contributed by atoms with E-state index in [9.17, 15) is 9.59 Å². The minimum Gasteiger partial charge on any atom is -0.478 e. The first kappa shape index (κ1) is 18.8. The maximum atomic E-state index is 12.7. The van der Waals surface area contributed by atoms with Gasteiger partial charge in [0.25, 0.3) is 5.91 Å². The molecule has 1 saturated heterocycles. The maximum absolute atomic E-state index is 12.7. The molecule has 1 unspecified atom stereocenters. The summed E-state index contributed by atoms with van der Waals surface area (Å²) >= 11 is 0. The van der Waals surface area contributed by atoms with Crippen LogP contribution in [0.1, 0.15) is 46.0 Å². The third-order valence-corrected chi connectivity index (χ3v) is 5.09. The molecule has 4 rings (SSSR count). The van der Waals surface area contributed by atoms with Gasteiger partial charge in [0.05, 0.1) is 35.3 Å². The number of rotatable bonds is 4. The van der Waals surface area contributed by atoms with E-state index in [0.717, 1.165) is 19.3 Å². The first-order chi connectivity index (χ1) is 14.0. The third kappa shape index (κ3) is 4.00. The van der Waals surface area contributed by atoms with Crippen molar-refractivity contribution in [3.05, 3.63) is 48.0 Å². The van der Waals surface area contributed by atoms with E-state index >= 15 is 0 Å². The molecule has 3 aromatic rings. The van der Waals surface area contributed by atoms with Gasteiger partial charge in [0.2, 0.25) is 0 Å². The molecular formula is C19H21N7O3. The molecule has 0 aromatic carbocycles. The standard InChI is InChI=1S/C19H21N7O3/c1-24-11-14(10-21-24)18(27)25-7-2-3-15(6-8-25)26-12-17(22-23-26)16-5-4-13(9-20-16)19(28)29/h4-5,9-12,15H,2-3,6-8H2,1H3,(H,28,29). The Morgan fingerprint density at radius 3 is 2.62 bits per heavy atom. The van der Waals surface area contributed by atoms with E-state index in [0.29, 0.717) is 30.0 Å². The van der Waals surface area contributed by atoms with Crippen LogP contribution in [0.3, 0.4) is 0 Å². The van der Waals surface area contributed by atoms with E-state index in [1.165, 1.54) is 12.3 Å². The van der Waals surface area contributed by atoms with Crippen LogP contribution in [0.15, 0.2) is 36.9 Å². The first-order valence-electron chi connectivity index (χ1n) is 9.41. The fourth-order valence-corrected chi connectivity index (χ4v) is 3.51. The highest BCUT2D eigenvalue weighted by Crippen LogP contribution is 2.24. The molecule has 1 N–H and O–H groups in total. The molecule has 10 nitrogen and oxygen atoms in total. The lowest BCUT2D eigenvalue weighted by molar-refractivity contribution is 0.0695. The zero-order chi connectivity index (χ0) is 20.4. The van der Waals surface area contributed by atoms with E-state index in [1.54, 1.807) is 30.2 Å². The molecule has 0 radical (unpaired) electrons. The molecule has 1 fully saturated rings. The molecule has 0 spiro atoms. The summed E-state index contributed by atoms with van der Waals surface area (Å²) in [5, 5.41) is 21.5. The van der Waals surface area contributed by atoms with Crippen LogP contribution < -0.4 is 0 Å². The Balaban J connectivity index is 1.43. The van der Waals surface area contributed by atoms with Crippen molar-refractivity contribution in [1.29, 1.82) is 0 Å². The normalized spacial score (nSPS) is 17.1. The SMILES string of the molecule is Cn1cc(C(=O)N2CCCC(n3cc(-c4ccc(C(=O)O)cn4)nn3)CC2)cn1. The van der Waals surface area contributed by atoms with Gasteiger partial charge in [-0.1, -0.05) is 5.21 Å². The number of aromatic nitrogens is 6. The number of nitrogens with zero attached hydrogens (tertiary/aromatic N) is 7. The summed E-state index contributed by atoms with van der Waals surface area (Å²) in [6, 6.07) is 3.26. The summed E-state index contributed by atoms with van der Waals surface area (Å²) in [7, 11) is 1.79. The van der Waals surface area contributed by atoms with Crippen LogP contribution in [0.4, 0.5) is 0 Å². The number of aromatic carboxylic acids is 1. The lowest BCUT2D eigenvalue weighted by Gasteiger charge is -2.19. The Kier molecular flexibility index (Phi) is 5.07. The van der Waals surface area contributed by atoms with Crippen molar-refractivity contribution < 1.29 is 14.7 Å². The van der Waals surface area contributed by atoms with Crippen molar-refractivity contribution in [3.8, 4) is 11.4 Å². The molecule has 29 heavy (non-hydrogen) atoms. The van der Waals surface area contributed by atoms with Gasteiger partial charge >= 0.3 is 5.97 Å². The van der Waals surface area contributed by atoms with Gasteiger partial charge in [0.1, 0.15) is 5.69 Å².